The predicted octanol–water partition coefficient (Wildman–Crippen LogP) is 2.87. The van der Waals surface area contributed by atoms with Crippen LogP contribution in [0.3, 0.4) is 0 Å². The van der Waals surface area contributed by atoms with Crippen molar-refractivity contribution in [1.82, 2.24) is 0 Å². The molecule has 0 aliphatic heterocycles. The molecule has 0 bridgehead atoms. The second-order valence-electron chi connectivity index (χ2n) is 4.17. The van der Waals surface area contributed by atoms with Crippen LogP contribution >= 0.6 is 0 Å². The minimum atomic E-state index is -4.87. The van der Waals surface area contributed by atoms with Gasteiger partial charge in [-0.15, -0.1) is 13.2 Å². The van der Waals surface area contributed by atoms with Crippen LogP contribution in [0.1, 0.15) is 29.3 Å². The first kappa shape index (κ1) is 17.8. The summed E-state index contributed by atoms with van der Waals surface area (Å²) in [5.41, 5.74) is 0.143. The zero-order valence-electron chi connectivity index (χ0n) is 12.0. The molecule has 0 aliphatic rings. The number of alkyl halides is 3. The largest absolute Gasteiger partial charge is 0.573 e. The quantitative estimate of drug-likeness (QED) is 0.754. The molecule has 5 nitrogen and oxygen atoms in total. The van der Waals surface area contributed by atoms with E-state index in [9.17, 15) is 22.8 Å². The van der Waals surface area contributed by atoms with Gasteiger partial charge in [-0.1, -0.05) is 0 Å². The van der Waals surface area contributed by atoms with Gasteiger partial charge >= 0.3 is 18.3 Å². The Hall–Kier alpha value is -2.25. The standard InChI is InChI=1S/C14H15F3O5/c1-3-21-13(19)10-4-6-11(22-14(15,16)17)9(8-10)5-7-12(18)20-2/h4,6,8H,3,5,7H2,1-2H3. The lowest BCUT2D eigenvalue weighted by atomic mass is 10.0. The van der Waals surface area contributed by atoms with Crippen molar-refractivity contribution in [3.05, 3.63) is 29.3 Å². The third-order valence-corrected chi connectivity index (χ3v) is 2.62. The first-order chi connectivity index (χ1) is 10.3. The molecule has 8 heteroatoms. The topological polar surface area (TPSA) is 61.8 Å². The molecule has 0 unspecified atom stereocenters. The second-order valence-corrected chi connectivity index (χ2v) is 4.17. The van der Waals surface area contributed by atoms with Crippen molar-refractivity contribution in [2.45, 2.75) is 26.1 Å². The van der Waals surface area contributed by atoms with Gasteiger partial charge in [-0.2, -0.15) is 0 Å². The van der Waals surface area contributed by atoms with Gasteiger partial charge in [-0.25, -0.2) is 4.79 Å². The van der Waals surface area contributed by atoms with E-state index in [1.165, 1.54) is 19.2 Å². The third kappa shape index (κ3) is 5.63. The molecule has 1 aromatic carbocycles. The van der Waals surface area contributed by atoms with Gasteiger partial charge in [0.25, 0.3) is 0 Å². The zero-order chi connectivity index (χ0) is 16.8. The molecule has 0 N–H and O–H groups in total. The fourth-order valence-corrected chi connectivity index (χ4v) is 1.68. The van der Waals surface area contributed by atoms with Crippen molar-refractivity contribution in [1.29, 1.82) is 0 Å². The number of hydrogen-bond donors (Lipinski definition) is 0. The Morgan fingerprint density at radius 3 is 2.45 bits per heavy atom. The van der Waals surface area contributed by atoms with Crippen LogP contribution in [0.5, 0.6) is 5.75 Å². The highest BCUT2D eigenvalue weighted by Crippen LogP contribution is 2.28. The Bertz CT molecular complexity index is 540. The molecule has 0 atom stereocenters. The number of rotatable bonds is 6. The molecule has 0 radical (unpaired) electrons. The predicted molar refractivity (Wildman–Crippen MR) is 69.4 cm³/mol. The molecule has 0 saturated carbocycles. The molecule has 0 heterocycles. The Kier molecular flexibility index (Phi) is 6.21. The van der Waals surface area contributed by atoms with Crippen molar-refractivity contribution in [2.24, 2.45) is 0 Å². The van der Waals surface area contributed by atoms with Crippen LogP contribution in [0.25, 0.3) is 0 Å². The van der Waals surface area contributed by atoms with Crippen LogP contribution in [-0.4, -0.2) is 32.0 Å². The summed E-state index contributed by atoms with van der Waals surface area (Å²) in [6, 6.07) is 3.40. The summed E-state index contributed by atoms with van der Waals surface area (Å²) in [5, 5.41) is 0. The summed E-state index contributed by atoms with van der Waals surface area (Å²) in [6.45, 7) is 1.74. The maximum Gasteiger partial charge on any atom is 0.573 e. The van der Waals surface area contributed by atoms with Crippen LogP contribution in [0.2, 0.25) is 0 Å². The van der Waals surface area contributed by atoms with Gasteiger partial charge in [-0.05, 0) is 37.1 Å². The number of aryl methyl sites for hydroxylation is 1. The summed E-state index contributed by atoms with van der Waals surface area (Å²) in [4.78, 5) is 22.7. The normalized spacial score (nSPS) is 11.0. The monoisotopic (exact) mass is 320 g/mol. The van der Waals surface area contributed by atoms with Gasteiger partial charge in [0, 0.05) is 6.42 Å². The van der Waals surface area contributed by atoms with Gasteiger partial charge in [0.15, 0.2) is 0 Å². The van der Waals surface area contributed by atoms with Gasteiger partial charge in [0.05, 0.1) is 19.3 Å². The molecular weight excluding hydrogens is 305 g/mol. The summed E-state index contributed by atoms with van der Waals surface area (Å²) in [7, 11) is 1.17. The van der Waals surface area contributed by atoms with Crippen molar-refractivity contribution in [3.8, 4) is 5.75 Å². The molecule has 0 spiro atoms. The fraction of sp³-hybridized carbons (Fsp3) is 0.429. The van der Waals surface area contributed by atoms with E-state index in [0.717, 1.165) is 6.07 Å². The van der Waals surface area contributed by atoms with Gasteiger partial charge in [0.2, 0.25) is 0 Å². The lowest BCUT2D eigenvalue weighted by Gasteiger charge is -2.14. The molecule has 0 aromatic heterocycles. The van der Waals surface area contributed by atoms with Gasteiger partial charge in [-0.3, -0.25) is 4.79 Å². The van der Waals surface area contributed by atoms with E-state index in [-0.39, 0.29) is 30.6 Å². The molecular formula is C14H15F3O5. The highest BCUT2D eigenvalue weighted by molar-refractivity contribution is 5.90. The number of methoxy groups -OCH3 is 1. The minimum absolute atomic E-state index is 0.0632. The van der Waals surface area contributed by atoms with Crippen molar-refractivity contribution >= 4 is 11.9 Å². The Morgan fingerprint density at radius 2 is 1.91 bits per heavy atom. The van der Waals surface area contributed by atoms with Crippen LogP contribution in [0, 0.1) is 0 Å². The molecule has 0 fully saturated rings. The van der Waals surface area contributed by atoms with E-state index >= 15 is 0 Å². The van der Waals surface area contributed by atoms with E-state index in [1.54, 1.807) is 6.92 Å². The molecule has 0 saturated heterocycles. The van der Waals surface area contributed by atoms with Crippen LogP contribution in [0.15, 0.2) is 18.2 Å². The lowest BCUT2D eigenvalue weighted by Crippen LogP contribution is -2.18. The molecule has 1 rings (SSSR count). The first-order valence-corrected chi connectivity index (χ1v) is 6.39. The lowest BCUT2D eigenvalue weighted by molar-refractivity contribution is -0.274. The highest BCUT2D eigenvalue weighted by Gasteiger charge is 2.32. The number of benzene rings is 1. The van der Waals surface area contributed by atoms with E-state index in [2.05, 4.69) is 9.47 Å². The van der Waals surface area contributed by atoms with E-state index in [0.29, 0.717) is 0 Å². The van der Waals surface area contributed by atoms with Crippen LogP contribution in [-0.2, 0) is 20.7 Å². The van der Waals surface area contributed by atoms with E-state index < -0.39 is 24.1 Å². The first-order valence-electron chi connectivity index (χ1n) is 6.39. The fourth-order valence-electron chi connectivity index (χ4n) is 1.68. The van der Waals surface area contributed by atoms with Crippen LogP contribution < -0.4 is 4.74 Å². The number of ether oxygens (including phenoxy) is 3. The van der Waals surface area contributed by atoms with Gasteiger partial charge < -0.3 is 14.2 Å². The maximum absolute atomic E-state index is 12.4. The van der Waals surface area contributed by atoms with Gasteiger partial charge in [0.1, 0.15) is 5.75 Å². The van der Waals surface area contributed by atoms with Crippen molar-refractivity contribution in [3.63, 3.8) is 0 Å². The number of halogens is 3. The number of hydrogen-bond acceptors (Lipinski definition) is 5. The summed E-state index contributed by atoms with van der Waals surface area (Å²) >= 11 is 0. The van der Waals surface area contributed by atoms with Crippen molar-refractivity contribution in [2.75, 3.05) is 13.7 Å². The van der Waals surface area contributed by atoms with E-state index in [4.69, 9.17) is 4.74 Å². The third-order valence-electron chi connectivity index (χ3n) is 2.62. The molecule has 1 aromatic rings. The number of carbonyl (C=O) groups excluding carboxylic acids is 2. The molecule has 0 amide bonds. The smallest absolute Gasteiger partial charge is 0.469 e. The molecule has 122 valence electrons. The zero-order valence-corrected chi connectivity index (χ0v) is 12.0. The summed E-state index contributed by atoms with van der Waals surface area (Å²) in [5.74, 6) is -1.72. The minimum Gasteiger partial charge on any atom is -0.469 e. The van der Waals surface area contributed by atoms with Crippen molar-refractivity contribution < 1.29 is 37.0 Å². The Balaban J connectivity index is 3.04. The Labute approximate surface area is 125 Å². The molecule has 0 aliphatic carbocycles. The average Bonchev–Trinajstić information content (AvgIpc) is 2.44. The Morgan fingerprint density at radius 1 is 1.23 bits per heavy atom. The van der Waals surface area contributed by atoms with E-state index in [1.807, 2.05) is 0 Å². The van der Waals surface area contributed by atoms with Crippen LogP contribution in [0.4, 0.5) is 13.2 Å². The number of esters is 2. The second kappa shape index (κ2) is 7.67. The average molecular weight is 320 g/mol. The summed E-state index contributed by atoms with van der Waals surface area (Å²) in [6.07, 6.45) is -5.08. The summed E-state index contributed by atoms with van der Waals surface area (Å²) < 4.78 is 50.2. The SMILES string of the molecule is CCOC(=O)c1ccc(OC(F)(F)F)c(CCC(=O)OC)c1. The maximum atomic E-state index is 12.4. The number of carbonyl (C=O) groups is 2. The molecule has 22 heavy (non-hydrogen) atoms. The highest BCUT2D eigenvalue weighted by atomic mass is 19.4.